The highest BCUT2D eigenvalue weighted by atomic mass is 19.4. The SMILES string of the molecule is CC1=[N+](c2ccccc2)COC(c2ccccc2)=C1C(F)(F)F. The van der Waals surface area contributed by atoms with Crippen LogP contribution in [0, 0.1) is 0 Å². The van der Waals surface area contributed by atoms with Gasteiger partial charge in [0.2, 0.25) is 5.69 Å². The van der Waals surface area contributed by atoms with E-state index < -0.39 is 11.7 Å². The van der Waals surface area contributed by atoms with Crippen molar-refractivity contribution in [1.82, 2.24) is 0 Å². The van der Waals surface area contributed by atoms with Crippen LogP contribution in [-0.4, -0.2) is 23.2 Å². The molecule has 0 amide bonds. The molecule has 118 valence electrons. The fourth-order valence-electron chi connectivity index (χ4n) is 2.62. The highest BCUT2D eigenvalue weighted by molar-refractivity contribution is 6.03. The molecule has 0 fully saturated rings. The molecule has 5 heteroatoms. The Balaban J connectivity index is 2.20. The molecule has 2 aromatic rings. The summed E-state index contributed by atoms with van der Waals surface area (Å²) in [6.45, 7) is 1.51. The van der Waals surface area contributed by atoms with E-state index in [0.717, 1.165) is 0 Å². The van der Waals surface area contributed by atoms with Crippen LogP contribution >= 0.6 is 0 Å². The minimum atomic E-state index is -4.50. The van der Waals surface area contributed by atoms with Crippen LogP contribution in [0.1, 0.15) is 12.5 Å². The summed E-state index contributed by atoms with van der Waals surface area (Å²) in [5.74, 6) is -0.122. The van der Waals surface area contributed by atoms with Crippen molar-refractivity contribution in [2.75, 3.05) is 6.73 Å². The molecule has 23 heavy (non-hydrogen) atoms. The molecule has 0 saturated heterocycles. The number of hydrogen-bond acceptors (Lipinski definition) is 1. The van der Waals surface area contributed by atoms with E-state index in [4.69, 9.17) is 4.74 Å². The summed E-state index contributed by atoms with van der Waals surface area (Å²) >= 11 is 0. The van der Waals surface area contributed by atoms with Gasteiger partial charge in [-0.3, -0.25) is 0 Å². The Morgan fingerprint density at radius 3 is 2.04 bits per heavy atom. The second-order valence-electron chi connectivity index (χ2n) is 5.19. The van der Waals surface area contributed by atoms with E-state index in [1.54, 1.807) is 54.6 Å². The first-order valence-corrected chi connectivity index (χ1v) is 7.14. The van der Waals surface area contributed by atoms with Crippen molar-refractivity contribution in [2.45, 2.75) is 13.1 Å². The van der Waals surface area contributed by atoms with Crippen molar-refractivity contribution in [3.8, 4) is 0 Å². The molecule has 1 aliphatic rings. The van der Waals surface area contributed by atoms with Gasteiger partial charge in [-0.05, 0) is 0 Å². The number of rotatable bonds is 2. The molecular weight excluding hydrogens is 303 g/mol. The number of hydrogen-bond donors (Lipinski definition) is 0. The molecule has 3 rings (SSSR count). The second-order valence-corrected chi connectivity index (χ2v) is 5.19. The van der Waals surface area contributed by atoms with Crippen molar-refractivity contribution in [2.24, 2.45) is 0 Å². The third-order valence-electron chi connectivity index (χ3n) is 3.72. The lowest BCUT2D eigenvalue weighted by molar-refractivity contribution is -0.486. The average Bonchev–Trinajstić information content (AvgIpc) is 2.55. The summed E-state index contributed by atoms with van der Waals surface area (Å²) in [4.78, 5) is 0. The van der Waals surface area contributed by atoms with Crippen LogP contribution in [0.3, 0.4) is 0 Å². The quantitative estimate of drug-likeness (QED) is 0.728. The Morgan fingerprint density at radius 1 is 0.913 bits per heavy atom. The van der Waals surface area contributed by atoms with Gasteiger partial charge in [0, 0.05) is 24.6 Å². The maximum Gasteiger partial charge on any atom is 0.426 e. The van der Waals surface area contributed by atoms with Crippen LogP contribution in [0.15, 0.2) is 66.2 Å². The Labute approximate surface area is 132 Å². The lowest BCUT2D eigenvalue weighted by Gasteiger charge is -2.22. The van der Waals surface area contributed by atoms with E-state index in [1.165, 1.54) is 11.5 Å². The highest BCUT2D eigenvalue weighted by Gasteiger charge is 2.45. The zero-order valence-electron chi connectivity index (χ0n) is 12.5. The molecule has 0 spiro atoms. The molecule has 0 atom stereocenters. The van der Waals surface area contributed by atoms with E-state index in [0.29, 0.717) is 11.3 Å². The maximum atomic E-state index is 13.6. The minimum Gasteiger partial charge on any atom is -0.434 e. The van der Waals surface area contributed by atoms with Crippen molar-refractivity contribution in [1.29, 1.82) is 0 Å². The van der Waals surface area contributed by atoms with Crippen LogP contribution < -0.4 is 0 Å². The zero-order chi connectivity index (χ0) is 16.4. The predicted octanol–water partition coefficient (Wildman–Crippen LogP) is 4.75. The van der Waals surface area contributed by atoms with Crippen LogP contribution in [0.2, 0.25) is 0 Å². The van der Waals surface area contributed by atoms with Gasteiger partial charge in [-0.2, -0.15) is 17.7 Å². The molecule has 0 radical (unpaired) electrons. The summed E-state index contributed by atoms with van der Waals surface area (Å²) in [6, 6.07) is 17.3. The Hall–Kier alpha value is -2.56. The van der Waals surface area contributed by atoms with Gasteiger partial charge >= 0.3 is 6.18 Å². The molecule has 2 aromatic carbocycles. The largest absolute Gasteiger partial charge is 0.434 e. The molecule has 2 nitrogen and oxygen atoms in total. The molecule has 1 heterocycles. The smallest absolute Gasteiger partial charge is 0.426 e. The number of halogens is 3. The lowest BCUT2D eigenvalue weighted by Crippen LogP contribution is -2.32. The molecular formula is C18H15F3NO+. The molecule has 0 aromatic heterocycles. The summed E-state index contributed by atoms with van der Waals surface area (Å²) in [6.07, 6.45) is -4.50. The fraction of sp³-hybridized carbons (Fsp3) is 0.167. The van der Waals surface area contributed by atoms with Crippen LogP contribution in [-0.2, 0) is 4.74 Å². The number of allylic oxidation sites excluding steroid dienone is 1. The first-order valence-electron chi connectivity index (χ1n) is 7.14. The zero-order valence-corrected chi connectivity index (χ0v) is 12.5. The van der Waals surface area contributed by atoms with Gasteiger partial charge in [0.1, 0.15) is 0 Å². The number of alkyl halides is 3. The first kappa shape index (κ1) is 15.3. The fourth-order valence-corrected chi connectivity index (χ4v) is 2.62. The number of ether oxygens (including phenoxy) is 1. The first-order chi connectivity index (χ1) is 11.0. The third-order valence-corrected chi connectivity index (χ3v) is 3.72. The van der Waals surface area contributed by atoms with Crippen LogP contribution in [0.5, 0.6) is 0 Å². The number of para-hydroxylation sites is 1. The van der Waals surface area contributed by atoms with Gasteiger partial charge in [-0.1, -0.05) is 48.5 Å². The predicted molar refractivity (Wildman–Crippen MR) is 82.4 cm³/mol. The second kappa shape index (κ2) is 5.91. The normalized spacial score (nSPS) is 15.7. The standard InChI is InChI=1S/C18H15F3NO/c1-13-16(18(19,20)21)17(14-8-4-2-5-9-14)23-12-22(13)15-10-6-3-7-11-15/h2-11H,12H2,1H3/q+1. The molecule has 0 N–H and O–H groups in total. The van der Waals surface area contributed by atoms with Crippen LogP contribution in [0.4, 0.5) is 18.9 Å². The minimum absolute atomic E-state index is 0.0413. The van der Waals surface area contributed by atoms with Gasteiger partial charge in [-0.25, -0.2) is 0 Å². The summed E-state index contributed by atoms with van der Waals surface area (Å²) < 4.78 is 47.9. The summed E-state index contributed by atoms with van der Waals surface area (Å²) in [5.41, 5.74) is 0.485. The monoisotopic (exact) mass is 318 g/mol. The molecule has 0 unspecified atom stereocenters. The average molecular weight is 318 g/mol. The molecule has 0 aliphatic carbocycles. The third kappa shape index (κ3) is 2.99. The molecule has 0 bridgehead atoms. The van der Waals surface area contributed by atoms with Crippen molar-refractivity contribution < 1.29 is 22.5 Å². The molecule has 1 aliphatic heterocycles. The number of benzene rings is 2. The summed E-state index contributed by atoms with van der Waals surface area (Å²) in [7, 11) is 0. The van der Waals surface area contributed by atoms with Gasteiger partial charge in [0.15, 0.2) is 17.0 Å². The van der Waals surface area contributed by atoms with Gasteiger partial charge in [-0.15, -0.1) is 0 Å². The lowest BCUT2D eigenvalue weighted by atomic mass is 10.0. The highest BCUT2D eigenvalue weighted by Crippen LogP contribution is 2.37. The van der Waals surface area contributed by atoms with Crippen molar-refractivity contribution >= 4 is 17.2 Å². The van der Waals surface area contributed by atoms with E-state index in [9.17, 15) is 13.2 Å². The van der Waals surface area contributed by atoms with E-state index in [2.05, 4.69) is 0 Å². The van der Waals surface area contributed by atoms with Gasteiger partial charge in [0.05, 0.1) is 0 Å². The van der Waals surface area contributed by atoms with Crippen molar-refractivity contribution in [3.63, 3.8) is 0 Å². The van der Waals surface area contributed by atoms with E-state index >= 15 is 0 Å². The maximum absolute atomic E-state index is 13.6. The van der Waals surface area contributed by atoms with Crippen LogP contribution in [0.25, 0.3) is 5.76 Å². The molecule has 0 saturated carbocycles. The number of nitrogens with zero attached hydrogens (tertiary/aromatic N) is 1. The Kier molecular flexibility index (Phi) is 3.94. The Bertz CT molecular complexity index is 762. The topological polar surface area (TPSA) is 12.2 Å². The van der Waals surface area contributed by atoms with E-state index in [-0.39, 0.29) is 18.2 Å². The Morgan fingerprint density at radius 2 is 1.48 bits per heavy atom. The van der Waals surface area contributed by atoms with Gasteiger partial charge < -0.3 is 4.74 Å². The van der Waals surface area contributed by atoms with E-state index in [1.807, 2.05) is 6.07 Å². The van der Waals surface area contributed by atoms with Gasteiger partial charge in [0.25, 0.3) is 6.73 Å². The van der Waals surface area contributed by atoms with Crippen molar-refractivity contribution in [3.05, 3.63) is 71.8 Å². The summed E-state index contributed by atoms with van der Waals surface area (Å²) in [5, 5.41) is 0.